The Kier molecular flexibility index (Phi) is 6.75. The van der Waals surface area contributed by atoms with E-state index in [1.165, 1.54) is 18.2 Å². The summed E-state index contributed by atoms with van der Waals surface area (Å²) in [5.74, 6) is -0.349. The van der Waals surface area contributed by atoms with Gasteiger partial charge >= 0.3 is 0 Å². The minimum Gasteiger partial charge on any atom is -0.349 e. The summed E-state index contributed by atoms with van der Waals surface area (Å²) in [5, 5.41) is 3.25. The molecule has 2 rings (SSSR count). The number of benzene rings is 2. The Morgan fingerprint density at radius 3 is 2.56 bits per heavy atom. The van der Waals surface area contributed by atoms with Crippen LogP contribution in [0.25, 0.3) is 0 Å². The third kappa shape index (κ3) is 5.70. The second kappa shape index (κ2) is 8.80. The molecule has 0 aliphatic heterocycles. The van der Waals surface area contributed by atoms with Crippen LogP contribution in [0.15, 0.2) is 66.1 Å². The molecule has 25 heavy (non-hydrogen) atoms. The summed E-state index contributed by atoms with van der Waals surface area (Å²) in [4.78, 5) is 12.0. The number of carbonyl (C=O) groups is 1. The van der Waals surface area contributed by atoms with Crippen LogP contribution in [0, 0.1) is 0 Å². The van der Waals surface area contributed by atoms with Crippen molar-refractivity contribution in [3.8, 4) is 0 Å². The minimum absolute atomic E-state index is 0.0508. The van der Waals surface area contributed by atoms with Gasteiger partial charge in [-0.15, -0.1) is 6.58 Å². The predicted octanol–water partition coefficient (Wildman–Crippen LogP) is 2.78. The molecule has 0 aliphatic rings. The predicted molar refractivity (Wildman–Crippen MR) is 99.3 cm³/mol. The lowest BCUT2D eigenvalue weighted by Crippen LogP contribution is -2.27. The van der Waals surface area contributed by atoms with E-state index in [1.54, 1.807) is 24.3 Å². The van der Waals surface area contributed by atoms with Crippen molar-refractivity contribution < 1.29 is 13.2 Å². The van der Waals surface area contributed by atoms with Gasteiger partial charge in [0, 0.05) is 23.7 Å². The van der Waals surface area contributed by atoms with Crippen molar-refractivity contribution in [3.05, 3.63) is 77.3 Å². The Bertz CT molecular complexity index is 849. The zero-order valence-electron chi connectivity index (χ0n) is 13.5. The fraction of sp³-hybridized carbons (Fsp3) is 0.167. The van der Waals surface area contributed by atoms with E-state index >= 15 is 0 Å². The summed E-state index contributed by atoms with van der Waals surface area (Å²) in [6, 6.07) is 13.1. The maximum atomic E-state index is 12.4. The number of carbonyl (C=O) groups excluding carboxylic acids is 1. The highest BCUT2D eigenvalue weighted by Crippen LogP contribution is 2.13. The van der Waals surface area contributed by atoms with Gasteiger partial charge in [-0.3, -0.25) is 4.79 Å². The lowest BCUT2D eigenvalue weighted by molar-refractivity contribution is 0.0958. The highest BCUT2D eigenvalue weighted by atomic mass is 35.5. The highest BCUT2D eigenvalue weighted by molar-refractivity contribution is 7.89. The molecule has 2 aromatic rings. The summed E-state index contributed by atoms with van der Waals surface area (Å²) in [5.41, 5.74) is 1.26. The van der Waals surface area contributed by atoms with Gasteiger partial charge in [0.25, 0.3) is 5.91 Å². The lowest BCUT2D eigenvalue weighted by atomic mass is 10.2. The van der Waals surface area contributed by atoms with Gasteiger partial charge in [0.2, 0.25) is 10.0 Å². The van der Waals surface area contributed by atoms with Crippen molar-refractivity contribution in [1.82, 2.24) is 10.0 Å². The fourth-order valence-corrected chi connectivity index (χ4v) is 3.34. The molecule has 7 heteroatoms. The average Bonchev–Trinajstić information content (AvgIpc) is 2.61. The fourth-order valence-electron chi connectivity index (χ4n) is 2.14. The van der Waals surface area contributed by atoms with E-state index in [1.807, 2.05) is 12.1 Å². The summed E-state index contributed by atoms with van der Waals surface area (Å²) in [6.07, 6.45) is 2.09. The number of nitrogens with one attached hydrogen (secondary N) is 2. The number of hydrogen-bond donors (Lipinski definition) is 2. The van der Waals surface area contributed by atoms with Crippen LogP contribution in [-0.2, 0) is 16.4 Å². The first-order valence-electron chi connectivity index (χ1n) is 7.65. The molecular weight excluding hydrogens is 360 g/mol. The van der Waals surface area contributed by atoms with Crippen LogP contribution in [0.3, 0.4) is 0 Å². The van der Waals surface area contributed by atoms with Gasteiger partial charge in [-0.1, -0.05) is 35.9 Å². The van der Waals surface area contributed by atoms with Crippen LogP contribution in [-0.4, -0.2) is 27.4 Å². The summed E-state index contributed by atoms with van der Waals surface area (Å²) in [7, 11) is -3.69. The monoisotopic (exact) mass is 378 g/mol. The van der Waals surface area contributed by atoms with Gasteiger partial charge < -0.3 is 5.32 Å². The first kappa shape index (κ1) is 19.2. The van der Waals surface area contributed by atoms with Gasteiger partial charge in [0.15, 0.2) is 0 Å². The van der Waals surface area contributed by atoms with E-state index in [0.29, 0.717) is 18.0 Å². The Morgan fingerprint density at radius 1 is 1.16 bits per heavy atom. The minimum atomic E-state index is -3.69. The third-order valence-corrected chi connectivity index (χ3v) is 5.14. The molecule has 0 aromatic heterocycles. The van der Waals surface area contributed by atoms with Gasteiger partial charge in [-0.2, -0.15) is 0 Å². The number of hydrogen-bond acceptors (Lipinski definition) is 3. The zero-order valence-corrected chi connectivity index (χ0v) is 15.1. The molecule has 0 fully saturated rings. The molecule has 0 aliphatic carbocycles. The van der Waals surface area contributed by atoms with E-state index in [2.05, 4.69) is 16.6 Å². The largest absolute Gasteiger partial charge is 0.349 e. The van der Waals surface area contributed by atoms with Crippen molar-refractivity contribution in [2.24, 2.45) is 0 Å². The second-order valence-electron chi connectivity index (χ2n) is 5.30. The maximum absolute atomic E-state index is 12.4. The van der Waals surface area contributed by atoms with Crippen LogP contribution < -0.4 is 10.0 Å². The molecule has 0 saturated heterocycles. The lowest BCUT2D eigenvalue weighted by Gasteiger charge is -2.09. The standard InChI is InChI=1S/C18H19ClN2O3S/c1-2-11-20-18(22)15-4-3-5-17(13-15)25(23,24)21-12-10-14-6-8-16(19)9-7-14/h2-9,13,21H,1,10-12H2,(H,20,22). The smallest absolute Gasteiger partial charge is 0.251 e. The topological polar surface area (TPSA) is 75.3 Å². The summed E-state index contributed by atoms with van der Waals surface area (Å²) in [6.45, 7) is 4.08. The van der Waals surface area contributed by atoms with E-state index < -0.39 is 10.0 Å². The van der Waals surface area contributed by atoms with Crippen molar-refractivity contribution in [2.75, 3.05) is 13.1 Å². The molecule has 0 atom stereocenters. The molecule has 0 bridgehead atoms. The zero-order chi connectivity index (χ0) is 18.3. The van der Waals surface area contributed by atoms with Crippen molar-refractivity contribution in [3.63, 3.8) is 0 Å². The van der Waals surface area contributed by atoms with E-state index in [4.69, 9.17) is 11.6 Å². The Morgan fingerprint density at radius 2 is 1.88 bits per heavy atom. The number of amides is 1. The van der Waals surface area contributed by atoms with Gasteiger partial charge in [-0.25, -0.2) is 13.1 Å². The molecule has 1 amide bonds. The van der Waals surface area contributed by atoms with Crippen LogP contribution in [0.4, 0.5) is 0 Å². The van der Waals surface area contributed by atoms with E-state index in [9.17, 15) is 13.2 Å². The van der Waals surface area contributed by atoms with Crippen LogP contribution in [0.2, 0.25) is 5.02 Å². The average molecular weight is 379 g/mol. The molecule has 2 aromatic carbocycles. The van der Waals surface area contributed by atoms with Gasteiger partial charge in [0.05, 0.1) is 4.90 Å². The quantitative estimate of drug-likeness (QED) is 0.693. The van der Waals surface area contributed by atoms with Crippen LogP contribution >= 0.6 is 11.6 Å². The number of sulfonamides is 1. The highest BCUT2D eigenvalue weighted by Gasteiger charge is 2.15. The van der Waals surface area contributed by atoms with Gasteiger partial charge in [-0.05, 0) is 42.3 Å². The van der Waals surface area contributed by atoms with Crippen molar-refractivity contribution in [2.45, 2.75) is 11.3 Å². The maximum Gasteiger partial charge on any atom is 0.251 e. The summed E-state index contributed by atoms with van der Waals surface area (Å²) < 4.78 is 27.3. The molecule has 0 unspecified atom stereocenters. The second-order valence-corrected chi connectivity index (χ2v) is 7.50. The molecule has 0 heterocycles. The van der Waals surface area contributed by atoms with E-state index in [0.717, 1.165) is 5.56 Å². The van der Waals surface area contributed by atoms with Gasteiger partial charge in [0.1, 0.15) is 0 Å². The molecule has 5 nitrogen and oxygen atoms in total. The van der Waals surface area contributed by atoms with Crippen molar-refractivity contribution in [1.29, 1.82) is 0 Å². The molecule has 2 N–H and O–H groups in total. The Balaban J connectivity index is 2.02. The Hall–Kier alpha value is -2.15. The first-order chi connectivity index (χ1) is 11.9. The summed E-state index contributed by atoms with van der Waals surface area (Å²) >= 11 is 5.82. The number of rotatable bonds is 8. The molecule has 132 valence electrons. The van der Waals surface area contributed by atoms with Crippen molar-refractivity contribution >= 4 is 27.5 Å². The SMILES string of the molecule is C=CCNC(=O)c1cccc(S(=O)(=O)NCCc2ccc(Cl)cc2)c1. The normalized spacial score (nSPS) is 11.1. The molecular formula is C18H19ClN2O3S. The Labute approximate surface area is 152 Å². The molecule has 0 spiro atoms. The third-order valence-electron chi connectivity index (χ3n) is 3.43. The van der Waals surface area contributed by atoms with Crippen LogP contribution in [0.1, 0.15) is 15.9 Å². The molecule has 0 saturated carbocycles. The van der Waals surface area contributed by atoms with E-state index in [-0.39, 0.29) is 22.9 Å². The van der Waals surface area contributed by atoms with Crippen LogP contribution in [0.5, 0.6) is 0 Å². The molecule has 0 radical (unpaired) electrons. The number of halogens is 1. The first-order valence-corrected chi connectivity index (χ1v) is 9.52.